The van der Waals surface area contributed by atoms with Crippen LogP contribution in [0.25, 0.3) is 0 Å². The molecule has 0 aliphatic heterocycles. The molecule has 0 unspecified atom stereocenters. The number of nitrogens with zero attached hydrogens (tertiary/aromatic N) is 2. The predicted molar refractivity (Wildman–Crippen MR) is 64.5 cm³/mol. The molecule has 0 bridgehead atoms. The predicted octanol–water partition coefficient (Wildman–Crippen LogP) is 2.58. The second-order valence-electron chi connectivity index (χ2n) is 3.53. The van der Waals surface area contributed by atoms with Crippen molar-refractivity contribution in [3.8, 4) is 11.8 Å². The SMILES string of the molecule is CCOC(=O)c1cnc(Oc2ccc(F)cc2)nc1. The normalized spacial score (nSPS) is 10.0. The topological polar surface area (TPSA) is 61.3 Å². The van der Waals surface area contributed by atoms with Crippen LogP contribution in [-0.2, 0) is 4.74 Å². The number of hydrogen-bond donors (Lipinski definition) is 0. The van der Waals surface area contributed by atoms with Crippen molar-refractivity contribution in [3.63, 3.8) is 0 Å². The minimum atomic E-state index is -0.490. The number of carbonyl (C=O) groups is 1. The molecule has 6 heteroatoms. The summed E-state index contributed by atoms with van der Waals surface area (Å²) < 4.78 is 22.8. The number of hydrogen-bond acceptors (Lipinski definition) is 5. The highest BCUT2D eigenvalue weighted by Gasteiger charge is 2.08. The van der Waals surface area contributed by atoms with E-state index in [0.29, 0.717) is 5.75 Å². The molecular formula is C13H11FN2O3. The van der Waals surface area contributed by atoms with Gasteiger partial charge in [0, 0.05) is 12.4 Å². The van der Waals surface area contributed by atoms with Crippen LogP contribution in [-0.4, -0.2) is 22.5 Å². The highest BCUT2D eigenvalue weighted by molar-refractivity contribution is 5.88. The number of ether oxygens (including phenoxy) is 2. The summed E-state index contributed by atoms with van der Waals surface area (Å²) in [6.45, 7) is 2.00. The van der Waals surface area contributed by atoms with Crippen LogP contribution in [0.15, 0.2) is 36.7 Å². The van der Waals surface area contributed by atoms with E-state index in [0.717, 1.165) is 0 Å². The van der Waals surface area contributed by atoms with E-state index in [1.165, 1.54) is 36.7 Å². The Morgan fingerprint density at radius 3 is 2.42 bits per heavy atom. The van der Waals surface area contributed by atoms with E-state index >= 15 is 0 Å². The molecule has 0 saturated carbocycles. The molecule has 1 heterocycles. The molecular weight excluding hydrogens is 251 g/mol. The molecule has 0 fully saturated rings. The van der Waals surface area contributed by atoms with Crippen LogP contribution in [0.5, 0.6) is 11.8 Å². The summed E-state index contributed by atoms with van der Waals surface area (Å²) in [5.74, 6) is -0.438. The molecule has 0 N–H and O–H groups in total. The second-order valence-corrected chi connectivity index (χ2v) is 3.53. The van der Waals surface area contributed by atoms with Gasteiger partial charge in [0.15, 0.2) is 0 Å². The van der Waals surface area contributed by atoms with Gasteiger partial charge in [-0.2, -0.15) is 0 Å². The highest BCUT2D eigenvalue weighted by atomic mass is 19.1. The Kier molecular flexibility index (Phi) is 4.02. The van der Waals surface area contributed by atoms with Crippen molar-refractivity contribution in [1.82, 2.24) is 9.97 Å². The molecule has 0 atom stereocenters. The molecule has 2 aromatic rings. The maximum absolute atomic E-state index is 12.7. The van der Waals surface area contributed by atoms with Crippen LogP contribution in [0.1, 0.15) is 17.3 Å². The minimum absolute atomic E-state index is 0.0691. The lowest BCUT2D eigenvalue weighted by Gasteiger charge is -2.04. The van der Waals surface area contributed by atoms with Gasteiger partial charge < -0.3 is 9.47 Å². The smallest absolute Gasteiger partial charge is 0.341 e. The fraction of sp³-hybridized carbons (Fsp3) is 0.154. The average molecular weight is 262 g/mol. The Morgan fingerprint density at radius 1 is 1.21 bits per heavy atom. The van der Waals surface area contributed by atoms with Crippen LogP contribution in [0.2, 0.25) is 0 Å². The molecule has 0 spiro atoms. The molecule has 5 nitrogen and oxygen atoms in total. The Balaban J connectivity index is 2.06. The fourth-order valence-corrected chi connectivity index (χ4v) is 1.30. The molecule has 1 aromatic carbocycles. The van der Waals surface area contributed by atoms with E-state index in [4.69, 9.17) is 9.47 Å². The summed E-state index contributed by atoms with van der Waals surface area (Å²) in [7, 11) is 0. The van der Waals surface area contributed by atoms with E-state index in [2.05, 4.69) is 9.97 Å². The molecule has 0 saturated heterocycles. The first-order valence-electron chi connectivity index (χ1n) is 5.61. The third kappa shape index (κ3) is 3.48. The molecule has 98 valence electrons. The quantitative estimate of drug-likeness (QED) is 0.792. The van der Waals surface area contributed by atoms with Crippen LogP contribution < -0.4 is 4.74 Å². The molecule has 1 aromatic heterocycles. The molecule has 19 heavy (non-hydrogen) atoms. The summed E-state index contributed by atoms with van der Waals surface area (Å²) in [6, 6.07) is 5.51. The first-order valence-corrected chi connectivity index (χ1v) is 5.61. The van der Waals surface area contributed by atoms with E-state index in [1.807, 2.05) is 0 Å². The van der Waals surface area contributed by atoms with E-state index in [1.54, 1.807) is 6.92 Å². The van der Waals surface area contributed by atoms with Gasteiger partial charge in [-0.1, -0.05) is 0 Å². The van der Waals surface area contributed by atoms with Crippen molar-refractivity contribution in [2.75, 3.05) is 6.61 Å². The first-order chi connectivity index (χ1) is 9.19. The van der Waals surface area contributed by atoms with Gasteiger partial charge in [0.2, 0.25) is 0 Å². The maximum atomic E-state index is 12.7. The largest absolute Gasteiger partial charge is 0.462 e. The fourth-order valence-electron chi connectivity index (χ4n) is 1.30. The van der Waals surface area contributed by atoms with Crippen molar-refractivity contribution in [2.45, 2.75) is 6.92 Å². The summed E-state index contributed by atoms with van der Waals surface area (Å²) in [4.78, 5) is 19.1. The van der Waals surface area contributed by atoms with Gasteiger partial charge in [0.05, 0.1) is 12.2 Å². The van der Waals surface area contributed by atoms with Crippen molar-refractivity contribution in [1.29, 1.82) is 0 Å². The minimum Gasteiger partial charge on any atom is -0.462 e. The number of halogens is 1. The third-order valence-electron chi connectivity index (χ3n) is 2.16. The van der Waals surface area contributed by atoms with Gasteiger partial charge >= 0.3 is 12.0 Å². The standard InChI is InChI=1S/C13H11FN2O3/c1-2-18-12(17)9-7-15-13(16-8-9)19-11-5-3-10(14)4-6-11/h3-8H,2H2,1H3. The third-order valence-corrected chi connectivity index (χ3v) is 2.16. The van der Waals surface area contributed by atoms with Gasteiger partial charge in [0.25, 0.3) is 0 Å². The number of aromatic nitrogens is 2. The lowest BCUT2D eigenvalue weighted by atomic mass is 10.3. The molecule has 0 aliphatic carbocycles. The van der Waals surface area contributed by atoms with Gasteiger partial charge in [-0.25, -0.2) is 19.2 Å². The number of carbonyl (C=O) groups excluding carboxylic acids is 1. The van der Waals surface area contributed by atoms with Gasteiger partial charge in [-0.05, 0) is 31.2 Å². The van der Waals surface area contributed by atoms with E-state index in [9.17, 15) is 9.18 Å². The van der Waals surface area contributed by atoms with Crippen LogP contribution in [0.3, 0.4) is 0 Å². The Bertz CT molecular complexity index is 555. The molecule has 2 rings (SSSR count). The Morgan fingerprint density at radius 2 is 1.84 bits per heavy atom. The van der Waals surface area contributed by atoms with Crippen LogP contribution in [0, 0.1) is 5.82 Å². The van der Waals surface area contributed by atoms with Crippen LogP contribution in [0.4, 0.5) is 4.39 Å². The Hall–Kier alpha value is -2.50. The van der Waals surface area contributed by atoms with Gasteiger partial charge in [0.1, 0.15) is 11.6 Å². The molecule has 0 radical (unpaired) electrons. The van der Waals surface area contributed by atoms with Crippen molar-refractivity contribution >= 4 is 5.97 Å². The zero-order valence-electron chi connectivity index (χ0n) is 10.2. The lowest BCUT2D eigenvalue weighted by molar-refractivity contribution is 0.0525. The molecule has 0 aliphatic rings. The second kappa shape index (κ2) is 5.90. The van der Waals surface area contributed by atoms with Crippen molar-refractivity contribution < 1.29 is 18.7 Å². The van der Waals surface area contributed by atoms with Crippen molar-refractivity contribution in [2.24, 2.45) is 0 Å². The van der Waals surface area contributed by atoms with Gasteiger partial charge in [-0.15, -0.1) is 0 Å². The lowest BCUT2D eigenvalue weighted by Crippen LogP contribution is -2.06. The summed E-state index contributed by atoms with van der Waals surface area (Å²) in [5, 5.41) is 0. The average Bonchev–Trinajstić information content (AvgIpc) is 2.42. The van der Waals surface area contributed by atoms with Crippen molar-refractivity contribution in [3.05, 3.63) is 48.0 Å². The summed E-state index contributed by atoms with van der Waals surface area (Å²) >= 11 is 0. The number of rotatable bonds is 4. The Labute approximate surface area is 109 Å². The summed E-state index contributed by atoms with van der Waals surface area (Å²) in [5.41, 5.74) is 0.244. The summed E-state index contributed by atoms with van der Waals surface area (Å²) in [6.07, 6.45) is 2.62. The zero-order chi connectivity index (χ0) is 13.7. The monoisotopic (exact) mass is 262 g/mol. The zero-order valence-corrected chi connectivity index (χ0v) is 10.2. The first kappa shape index (κ1) is 12.9. The maximum Gasteiger partial charge on any atom is 0.341 e. The number of esters is 1. The van der Waals surface area contributed by atoms with E-state index < -0.39 is 5.97 Å². The highest BCUT2D eigenvalue weighted by Crippen LogP contribution is 2.17. The van der Waals surface area contributed by atoms with E-state index in [-0.39, 0.29) is 24.0 Å². The number of benzene rings is 1. The van der Waals surface area contributed by atoms with Crippen LogP contribution >= 0.6 is 0 Å². The molecule has 0 amide bonds. The van der Waals surface area contributed by atoms with Gasteiger partial charge in [-0.3, -0.25) is 0 Å².